The molecule has 1 saturated heterocycles. The number of anilines is 2. The number of rotatable bonds is 6. The van der Waals surface area contributed by atoms with Crippen molar-refractivity contribution in [1.29, 1.82) is 0 Å². The van der Waals surface area contributed by atoms with Crippen LogP contribution in [0.25, 0.3) is 11.0 Å². The number of carbonyl (C=O) groups excluding carboxylic acids is 2. The summed E-state index contributed by atoms with van der Waals surface area (Å²) >= 11 is 0. The summed E-state index contributed by atoms with van der Waals surface area (Å²) in [5.41, 5.74) is 2.94. The molecule has 2 amide bonds. The lowest BCUT2D eigenvalue weighted by molar-refractivity contribution is -0.160. The van der Waals surface area contributed by atoms with Gasteiger partial charge in [0.1, 0.15) is 11.3 Å². The average molecular weight is 502 g/mol. The number of nitrogens with one attached hydrogen (secondary N) is 1. The molecule has 2 bridgehead atoms. The molecule has 4 fully saturated rings. The molecular formula is C28H35N7O2. The SMILES string of the molecule is C[C@@H]1C2CC1(n1c(C(=O)N(C)C)cc3cnc(Nc4ccc(C(=O)N5CC[C@H](N(C)C)C5)cc4)nc31)C2. The van der Waals surface area contributed by atoms with Crippen LogP contribution in [0.15, 0.2) is 36.5 Å². The van der Waals surface area contributed by atoms with Gasteiger partial charge in [0, 0.05) is 56.1 Å². The second-order valence-electron chi connectivity index (χ2n) is 11.5. The largest absolute Gasteiger partial charge is 0.343 e. The number of hydrogen-bond acceptors (Lipinski definition) is 6. The first-order valence-electron chi connectivity index (χ1n) is 13.1. The van der Waals surface area contributed by atoms with E-state index in [1.807, 2.05) is 35.2 Å². The summed E-state index contributed by atoms with van der Waals surface area (Å²) in [4.78, 5) is 41.2. The number of amides is 2. The molecule has 1 N–H and O–H groups in total. The summed E-state index contributed by atoms with van der Waals surface area (Å²) in [5.74, 6) is 1.81. The first-order chi connectivity index (χ1) is 17.7. The van der Waals surface area contributed by atoms with E-state index in [2.05, 4.69) is 40.8 Å². The van der Waals surface area contributed by atoms with Crippen molar-refractivity contribution in [3.05, 3.63) is 47.8 Å². The lowest BCUT2D eigenvalue weighted by Crippen LogP contribution is -2.67. The quantitative estimate of drug-likeness (QED) is 0.557. The van der Waals surface area contributed by atoms with Crippen LogP contribution in [-0.2, 0) is 5.54 Å². The highest BCUT2D eigenvalue weighted by Gasteiger charge is 2.65. The third-order valence-electron chi connectivity index (χ3n) is 8.97. The van der Waals surface area contributed by atoms with Crippen molar-refractivity contribution in [2.75, 3.05) is 46.6 Å². The molecule has 9 heteroatoms. The Labute approximate surface area is 217 Å². The minimum atomic E-state index is -0.0256. The van der Waals surface area contributed by atoms with Crippen molar-refractivity contribution in [3.8, 4) is 0 Å². The molecule has 7 rings (SSSR count). The van der Waals surface area contributed by atoms with Crippen molar-refractivity contribution in [2.45, 2.75) is 37.8 Å². The van der Waals surface area contributed by atoms with E-state index in [1.54, 1.807) is 25.2 Å². The molecule has 0 spiro atoms. The fourth-order valence-corrected chi connectivity index (χ4v) is 6.32. The molecule has 1 aliphatic heterocycles. The third-order valence-corrected chi connectivity index (χ3v) is 8.97. The van der Waals surface area contributed by atoms with E-state index in [0.29, 0.717) is 29.2 Å². The second kappa shape index (κ2) is 8.55. The minimum Gasteiger partial charge on any atom is -0.343 e. The van der Waals surface area contributed by atoms with Crippen LogP contribution in [0.3, 0.4) is 0 Å². The molecule has 4 aliphatic rings. The number of benzene rings is 1. The normalized spacial score (nSPS) is 26.2. The van der Waals surface area contributed by atoms with E-state index >= 15 is 0 Å². The highest BCUT2D eigenvalue weighted by Crippen LogP contribution is 2.67. The summed E-state index contributed by atoms with van der Waals surface area (Å²) in [5, 5.41) is 4.16. The monoisotopic (exact) mass is 501 g/mol. The summed E-state index contributed by atoms with van der Waals surface area (Å²) in [6.45, 7) is 3.83. The van der Waals surface area contributed by atoms with Gasteiger partial charge in [-0.05, 0) is 75.5 Å². The summed E-state index contributed by atoms with van der Waals surface area (Å²) in [7, 11) is 7.69. The topological polar surface area (TPSA) is 86.6 Å². The van der Waals surface area contributed by atoms with Crippen LogP contribution in [0.4, 0.5) is 11.6 Å². The van der Waals surface area contributed by atoms with Crippen molar-refractivity contribution in [2.24, 2.45) is 11.8 Å². The lowest BCUT2D eigenvalue weighted by atomic mass is 9.42. The molecule has 2 atom stereocenters. The standard InChI is InChI=1S/C28H35N7O2/c1-17-20-13-28(17,14-20)35-23(26(37)33(4)5)12-19-15-29-27(31-24(19)35)30-21-8-6-18(7-9-21)25(36)34-11-10-22(16-34)32(2)3/h6-9,12,15,17,20,22H,10-11,13-14,16H2,1-5H3,(H,29,30,31)/t17-,20?,22+,28?/m1/s1. The number of fused-ring (bicyclic) bond motifs is 1. The Bertz CT molecular complexity index is 1370. The summed E-state index contributed by atoms with van der Waals surface area (Å²) in [6, 6.07) is 9.83. The number of nitrogens with zero attached hydrogens (tertiary/aromatic N) is 6. The first-order valence-corrected chi connectivity index (χ1v) is 13.1. The van der Waals surface area contributed by atoms with Crippen molar-refractivity contribution in [3.63, 3.8) is 0 Å². The van der Waals surface area contributed by atoms with Gasteiger partial charge in [-0.1, -0.05) is 6.92 Å². The number of aromatic nitrogens is 3. The maximum absolute atomic E-state index is 13.1. The molecule has 37 heavy (non-hydrogen) atoms. The molecular weight excluding hydrogens is 466 g/mol. The molecule has 3 aliphatic carbocycles. The smallest absolute Gasteiger partial charge is 0.270 e. The van der Waals surface area contributed by atoms with Crippen molar-refractivity contribution < 1.29 is 9.59 Å². The molecule has 3 saturated carbocycles. The van der Waals surface area contributed by atoms with E-state index in [1.165, 1.54) is 0 Å². The van der Waals surface area contributed by atoms with Gasteiger partial charge in [0.05, 0.1) is 5.54 Å². The van der Waals surface area contributed by atoms with Gasteiger partial charge in [-0.2, -0.15) is 4.98 Å². The lowest BCUT2D eigenvalue weighted by Gasteiger charge is -2.68. The second-order valence-corrected chi connectivity index (χ2v) is 11.5. The molecule has 3 heterocycles. The zero-order chi connectivity index (χ0) is 26.1. The molecule has 1 aromatic carbocycles. The van der Waals surface area contributed by atoms with Gasteiger partial charge in [0.25, 0.3) is 11.8 Å². The Balaban J connectivity index is 1.25. The first kappa shape index (κ1) is 23.9. The molecule has 2 aromatic heterocycles. The van der Waals surface area contributed by atoms with Crippen molar-refractivity contribution >= 4 is 34.5 Å². The highest BCUT2D eigenvalue weighted by atomic mass is 16.2. The third kappa shape index (κ3) is 3.70. The Morgan fingerprint density at radius 1 is 1.11 bits per heavy atom. The summed E-state index contributed by atoms with van der Waals surface area (Å²) < 4.78 is 2.18. The predicted octanol–water partition coefficient (Wildman–Crippen LogP) is 3.41. The maximum atomic E-state index is 13.1. The van der Waals surface area contributed by atoms with Crippen LogP contribution < -0.4 is 5.32 Å². The molecule has 0 radical (unpaired) electrons. The fourth-order valence-electron chi connectivity index (χ4n) is 6.32. The number of likely N-dealkylation sites (tertiary alicyclic amines) is 1. The van der Waals surface area contributed by atoms with Crippen LogP contribution in [0.1, 0.15) is 47.0 Å². The Morgan fingerprint density at radius 2 is 1.84 bits per heavy atom. The van der Waals surface area contributed by atoms with Crippen LogP contribution in [0, 0.1) is 11.8 Å². The van der Waals surface area contributed by atoms with E-state index < -0.39 is 0 Å². The summed E-state index contributed by atoms with van der Waals surface area (Å²) in [6.07, 6.45) is 4.99. The van der Waals surface area contributed by atoms with Crippen LogP contribution in [-0.4, -0.2) is 88.4 Å². The zero-order valence-corrected chi connectivity index (χ0v) is 22.2. The van der Waals surface area contributed by atoms with E-state index in [-0.39, 0.29) is 17.4 Å². The van der Waals surface area contributed by atoms with Crippen LogP contribution in [0.5, 0.6) is 0 Å². The Kier molecular flexibility index (Phi) is 5.52. The van der Waals surface area contributed by atoms with Gasteiger partial charge in [-0.25, -0.2) is 4.98 Å². The maximum Gasteiger partial charge on any atom is 0.270 e. The molecule has 0 unspecified atom stereocenters. The van der Waals surface area contributed by atoms with Gasteiger partial charge in [0.15, 0.2) is 0 Å². The van der Waals surface area contributed by atoms with Gasteiger partial charge in [-0.15, -0.1) is 0 Å². The molecule has 9 nitrogen and oxygen atoms in total. The predicted molar refractivity (Wildman–Crippen MR) is 143 cm³/mol. The average Bonchev–Trinajstić information content (AvgIpc) is 3.49. The molecule has 194 valence electrons. The molecule has 3 aromatic rings. The van der Waals surface area contributed by atoms with Gasteiger partial charge in [-0.3, -0.25) is 9.59 Å². The number of hydrogen-bond donors (Lipinski definition) is 1. The van der Waals surface area contributed by atoms with Crippen LogP contribution in [0.2, 0.25) is 0 Å². The Hall–Kier alpha value is -3.46. The van der Waals surface area contributed by atoms with E-state index in [0.717, 1.165) is 55.0 Å². The fraction of sp³-hybridized carbons (Fsp3) is 0.500. The highest BCUT2D eigenvalue weighted by molar-refractivity contribution is 5.98. The number of carbonyl (C=O) groups is 2. The van der Waals surface area contributed by atoms with Gasteiger partial charge in [0.2, 0.25) is 5.95 Å². The van der Waals surface area contributed by atoms with Gasteiger partial charge >= 0.3 is 0 Å². The van der Waals surface area contributed by atoms with Crippen LogP contribution >= 0.6 is 0 Å². The zero-order valence-electron chi connectivity index (χ0n) is 22.2. The van der Waals surface area contributed by atoms with E-state index in [9.17, 15) is 9.59 Å². The van der Waals surface area contributed by atoms with Gasteiger partial charge < -0.3 is 24.6 Å². The number of likely N-dealkylation sites (N-methyl/N-ethyl adjacent to an activating group) is 1. The Morgan fingerprint density at radius 3 is 2.41 bits per heavy atom. The minimum absolute atomic E-state index is 0.0143. The van der Waals surface area contributed by atoms with E-state index in [4.69, 9.17) is 4.98 Å². The van der Waals surface area contributed by atoms with Crippen molar-refractivity contribution in [1.82, 2.24) is 29.2 Å².